The SMILES string of the molecule is Cn1ncc2c(N3CCN(c4cccc5nncn45)CC3)ncnc21. The number of hydrogen-bond donors (Lipinski definition) is 0. The van der Waals surface area contributed by atoms with Crippen LogP contribution in [0.4, 0.5) is 11.6 Å². The van der Waals surface area contributed by atoms with E-state index < -0.39 is 0 Å². The first-order valence-corrected chi connectivity index (χ1v) is 8.22. The molecule has 25 heavy (non-hydrogen) atoms. The summed E-state index contributed by atoms with van der Waals surface area (Å²) in [5.74, 6) is 2.08. The van der Waals surface area contributed by atoms with Gasteiger partial charge in [0.15, 0.2) is 11.3 Å². The van der Waals surface area contributed by atoms with Gasteiger partial charge in [0.25, 0.3) is 0 Å². The zero-order chi connectivity index (χ0) is 16.8. The third-order valence-electron chi connectivity index (χ3n) is 4.72. The molecule has 0 amide bonds. The molecule has 1 fully saturated rings. The van der Waals surface area contributed by atoms with Gasteiger partial charge in [-0.2, -0.15) is 5.10 Å². The van der Waals surface area contributed by atoms with Gasteiger partial charge in [-0.05, 0) is 12.1 Å². The van der Waals surface area contributed by atoms with E-state index in [-0.39, 0.29) is 0 Å². The first-order chi connectivity index (χ1) is 12.3. The summed E-state index contributed by atoms with van der Waals surface area (Å²) in [6.45, 7) is 3.59. The number of piperazine rings is 1. The van der Waals surface area contributed by atoms with Gasteiger partial charge in [-0.25, -0.2) is 9.97 Å². The number of hydrogen-bond acceptors (Lipinski definition) is 7. The molecule has 0 saturated carbocycles. The Hall–Kier alpha value is -3.23. The fraction of sp³-hybridized carbons (Fsp3) is 0.312. The van der Waals surface area contributed by atoms with E-state index in [1.807, 2.05) is 29.8 Å². The summed E-state index contributed by atoms with van der Waals surface area (Å²) in [7, 11) is 1.90. The zero-order valence-corrected chi connectivity index (χ0v) is 13.8. The van der Waals surface area contributed by atoms with Gasteiger partial charge >= 0.3 is 0 Å². The molecule has 0 aliphatic carbocycles. The molecule has 1 aliphatic heterocycles. The van der Waals surface area contributed by atoms with Crippen molar-refractivity contribution in [2.75, 3.05) is 36.0 Å². The van der Waals surface area contributed by atoms with Crippen LogP contribution in [0.1, 0.15) is 0 Å². The highest BCUT2D eigenvalue weighted by molar-refractivity contribution is 5.86. The number of rotatable bonds is 2. The van der Waals surface area contributed by atoms with Gasteiger partial charge < -0.3 is 9.80 Å². The van der Waals surface area contributed by atoms with Crippen LogP contribution in [0, 0.1) is 0 Å². The zero-order valence-electron chi connectivity index (χ0n) is 13.8. The molecule has 1 aliphatic rings. The molecule has 9 heteroatoms. The van der Waals surface area contributed by atoms with Crippen molar-refractivity contribution in [1.82, 2.24) is 34.3 Å². The molecule has 0 N–H and O–H groups in total. The Bertz CT molecular complexity index is 1040. The molecule has 126 valence electrons. The highest BCUT2D eigenvalue weighted by Gasteiger charge is 2.22. The summed E-state index contributed by atoms with van der Waals surface area (Å²) < 4.78 is 3.81. The lowest BCUT2D eigenvalue weighted by Crippen LogP contribution is -2.47. The number of pyridine rings is 1. The Morgan fingerprint density at radius 2 is 1.84 bits per heavy atom. The van der Waals surface area contributed by atoms with E-state index in [1.54, 1.807) is 17.3 Å². The van der Waals surface area contributed by atoms with Crippen LogP contribution in [0.25, 0.3) is 16.7 Å². The summed E-state index contributed by atoms with van der Waals surface area (Å²) in [6.07, 6.45) is 5.22. The maximum atomic E-state index is 4.50. The molecule has 0 aromatic carbocycles. The Morgan fingerprint density at radius 1 is 1.00 bits per heavy atom. The van der Waals surface area contributed by atoms with Crippen LogP contribution in [0.3, 0.4) is 0 Å². The lowest BCUT2D eigenvalue weighted by atomic mass is 10.2. The van der Waals surface area contributed by atoms with Crippen LogP contribution in [0.5, 0.6) is 0 Å². The summed E-state index contributed by atoms with van der Waals surface area (Å²) in [6, 6.07) is 6.10. The fourth-order valence-electron chi connectivity index (χ4n) is 3.44. The monoisotopic (exact) mass is 335 g/mol. The van der Waals surface area contributed by atoms with Gasteiger partial charge in [-0.1, -0.05) is 6.07 Å². The Balaban J connectivity index is 1.42. The largest absolute Gasteiger partial charge is 0.354 e. The molecule has 0 spiro atoms. The molecular weight excluding hydrogens is 318 g/mol. The molecule has 0 atom stereocenters. The summed E-state index contributed by atoms with van der Waals surface area (Å²) in [5, 5.41) is 13.4. The van der Waals surface area contributed by atoms with Crippen molar-refractivity contribution < 1.29 is 0 Å². The predicted molar refractivity (Wildman–Crippen MR) is 93.7 cm³/mol. The lowest BCUT2D eigenvalue weighted by molar-refractivity contribution is 0.640. The van der Waals surface area contributed by atoms with Crippen molar-refractivity contribution >= 4 is 28.3 Å². The first-order valence-electron chi connectivity index (χ1n) is 8.22. The molecule has 9 nitrogen and oxygen atoms in total. The lowest BCUT2D eigenvalue weighted by Gasteiger charge is -2.36. The van der Waals surface area contributed by atoms with Crippen LogP contribution in [0.2, 0.25) is 0 Å². The molecule has 1 saturated heterocycles. The minimum absolute atomic E-state index is 0.863. The van der Waals surface area contributed by atoms with Crippen LogP contribution in [0.15, 0.2) is 37.1 Å². The predicted octanol–water partition coefficient (Wildman–Crippen LogP) is 0.733. The normalized spacial score (nSPS) is 15.4. The highest BCUT2D eigenvalue weighted by atomic mass is 15.3. The fourth-order valence-corrected chi connectivity index (χ4v) is 3.44. The van der Waals surface area contributed by atoms with Crippen molar-refractivity contribution in [3.05, 3.63) is 37.1 Å². The third kappa shape index (κ3) is 2.19. The molecule has 5 heterocycles. The average Bonchev–Trinajstić information content (AvgIpc) is 3.28. The topological polar surface area (TPSA) is 80.3 Å². The summed E-state index contributed by atoms with van der Waals surface area (Å²) >= 11 is 0. The van der Waals surface area contributed by atoms with Crippen molar-refractivity contribution in [1.29, 1.82) is 0 Å². The number of nitrogens with zero attached hydrogens (tertiary/aromatic N) is 9. The maximum absolute atomic E-state index is 4.50. The van der Waals surface area contributed by atoms with Gasteiger partial charge in [0.1, 0.15) is 24.3 Å². The van der Waals surface area contributed by atoms with Gasteiger partial charge in [0, 0.05) is 33.2 Å². The number of aromatic nitrogens is 7. The molecule has 0 radical (unpaired) electrons. The van der Waals surface area contributed by atoms with E-state index in [9.17, 15) is 0 Å². The molecule has 5 rings (SSSR count). The number of aryl methyl sites for hydroxylation is 1. The first kappa shape index (κ1) is 14.1. The van der Waals surface area contributed by atoms with E-state index in [2.05, 4.69) is 41.1 Å². The highest BCUT2D eigenvalue weighted by Crippen LogP contribution is 2.25. The van der Waals surface area contributed by atoms with Crippen LogP contribution in [-0.4, -0.2) is 60.5 Å². The minimum Gasteiger partial charge on any atom is -0.354 e. The maximum Gasteiger partial charge on any atom is 0.163 e. The molecule has 0 bridgehead atoms. The third-order valence-corrected chi connectivity index (χ3v) is 4.72. The van der Waals surface area contributed by atoms with Crippen LogP contribution < -0.4 is 9.80 Å². The van der Waals surface area contributed by atoms with Crippen LogP contribution in [-0.2, 0) is 7.05 Å². The summed E-state index contributed by atoms with van der Waals surface area (Å²) in [5.41, 5.74) is 1.73. The molecule has 0 unspecified atom stereocenters. The number of fused-ring (bicyclic) bond motifs is 2. The van der Waals surface area contributed by atoms with Crippen molar-refractivity contribution in [3.8, 4) is 0 Å². The number of anilines is 2. The average molecular weight is 335 g/mol. The van der Waals surface area contributed by atoms with Crippen molar-refractivity contribution in [3.63, 3.8) is 0 Å². The Morgan fingerprint density at radius 3 is 2.72 bits per heavy atom. The van der Waals surface area contributed by atoms with E-state index in [0.29, 0.717) is 0 Å². The summed E-state index contributed by atoms with van der Waals surface area (Å²) in [4.78, 5) is 13.5. The van der Waals surface area contributed by atoms with Gasteiger partial charge in [0.05, 0.1) is 11.6 Å². The van der Waals surface area contributed by atoms with E-state index >= 15 is 0 Å². The second-order valence-corrected chi connectivity index (χ2v) is 6.12. The second-order valence-electron chi connectivity index (χ2n) is 6.12. The van der Waals surface area contributed by atoms with E-state index in [1.165, 1.54) is 0 Å². The molecular formula is C16H17N9. The minimum atomic E-state index is 0.863. The van der Waals surface area contributed by atoms with Crippen molar-refractivity contribution in [2.24, 2.45) is 7.05 Å². The van der Waals surface area contributed by atoms with E-state index in [0.717, 1.165) is 54.5 Å². The molecule has 4 aromatic heterocycles. The Kier molecular flexibility index (Phi) is 3.06. The van der Waals surface area contributed by atoms with Gasteiger partial charge in [-0.15, -0.1) is 10.2 Å². The van der Waals surface area contributed by atoms with Gasteiger partial charge in [0.2, 0.25) is 0 Å². The van der Waals surface area contributed by atoms with Crippen LogP contribution >= 0.6 is 0 Å². The van der Waals surface area contributed by atoms with Gasteiger partial charge in [-0.3, -0.25) is 9.08 Å². The molecule has 4 aromatic rings. The van der Waals surface area contributed by atoms with Crippen molar-refractivity contribution in [2.45, 2.75) is 0 Å². The standard InChI is InChI=1S/C16H17N9/c1-22-15-12(9-20-22)16(18-10-17-15)24-7-5-23(6-8-24)14-4-2-3-13-21-19-11-25(13)14/h2-4,9-11H,5-8H2,1H3. The quantitative estimate of drug-likeness (QED) is 0.534. The Labute approximate surface area is 143 Å². The smallest absolute Gasteiger partial charge is 0.163 e. The van der Waals surface area contributed by atoms with E-state index in [4.69, 9.17) is 0 Å². The second kappa shape index (κ2) is 5.40.